The van der Waals surface area contributed by atoms with Gasteiger partial charge in [0, 0.05) is 13.2 Å². The Morgan fingerprint density at radius 3 is 2.62 bits per heavy atom. The summed E-state index contributed by atoms with van der Waals surface area (Å²) in [5.41, 5.74) is -0.0341. The highest BCUT2D eigenvalue weighted by Crippen LogP contribution is 2.31. The highest BCUT2D eigenvalue weighted by molar-refractivity contribution is 5.48. The number of nitro benzene ring substituents is 1. The lowest BCUT2D eigenvalue weighted by molar-refractivity contribution is -0.385. The van der Waals surface area contributed by atoms with Crippen LogP contribution in [0.4, 0.5) is 5.69 Å². The van der Waals surface area contributed by atoms with Crippen molar-refractivity contribution in [2.24, 2.45) is 0 Å². The van der Waals surface area contributed by atoms with E-state index < -0.39 is 4.92 Å². The molecule has 0 aliphatic carbocycles. The van der Waals surface area contributed by atoms with Gasteiger partial charge >= 0.3 is 0 Å². The zero-order chi connectivity index (χ0) is 12.0. The molecule has 0 bridgehead atoms. The second kappa shape index (κ2) is 5.92. The van der Waals surface area contributed by atoms with E-state index in [1.54, 1.807) is 6.92 Å². The van der Waals surface area contributed by atoms with Gasteiger partial charge in [0.2, 0.25) is 0 Å². The molecule has 0 aliphatic rings. The van der Waals surface area contributed by atoms with Crippen LogP contribution < -0.4 is 9.47 Å². The summed E-state index contributed by atoms with van der Waals surface area (Å²) < 4.78 is 15.2. The van der Waals surface area contributed by atoms with E-state index in [9.17, 15) is 10.1 Å². The maximum atomic E-state index is 10.6. The van der Waals surface area contributed by atoms with Gasteiger partial charge in [-0.3, -0.25) is 10.1 Å². The van der Waals surface area contributed by atoms with Crippen LogP contribution in [0.25, 0.3) is 0 Å². The van der Waals surface area contributed by atoms with Crippen molar-refractivity contribution in [3.63, 3.8) is 0 Å². The molecular weight excluding hydrogens is 214 g/mol. The van der Waals surface area contributed by atoms with Gasteiger partial charge in [-0.1, -0.05) is 0 Å². The minimum Gasteiger partial charge on any atom is -0.490 e. The van der Waals surface area contributed by atoms with Crippen LogP contribution in [0.1, 0.15) is 6.92 Å². The smallest absolute Gasteiger partial charge is 0.273 e. The van der Waals surface area contributed by atoms with Gasteiger partial charge < -0.3 is 14.2 Å². The number of methoxy groups -OCH3 is 1. The van der Waals surface area contributed by atoms with Gasteiger partial charge in [0.1, 0.15) is 0 Å². The zero-order valence-corrected chi connectivity index (χ0v) is 9.13. The van der Waals surface area contributed by atoms with Crippen LogP contribution in [0, 0.1) is 10.1 Å². The molecule has 1 aromatic carbocycles. The van der Waals surface area contributed by atoms with Gasteiger partial charge in [0.15, 0.2) is 18.3 Å². The third-order valence-corrected chi connectivity index (χ3v) is 1.77. The highest BCUT2D eigenvalue weighted by atomic mass is 16.7. The summed E-state index contributed by atoms with van der Waals surface area (Å²) in [4.78, 5) is 10.1. The largest absolute Gasteiger partial charge is 0.490 e. The molecule has 1 aromatic rings. The van der Waals surface area contributed by atoms with E-state index in [1.165, 1.54) is 25.3 Å². The molecule has 0 spiro atoms. The first-order valence-electron chi connectivity index (χ1n) is 4.72. The number of ether oxygens (including phenoxy) is 3. The van der Waals surface area contributed by atoms with Crippen LogP contribution in [0.3, 0.4) is 0 Å². The van der Waals surface area contributed by atoms with Crippen LogP contribution in [0.5, 0.6) is 11.5 Å². The van der Waals surface area contributed by atoms with Gasteiger partial charge in [-0.15, -0.1) is 0 Å². The molecular formula is C10H13NO5. The lowest BCUT2D eigenvalue weighted by Crippen LogP contribution is -2.02. The number of rotatable bonds is 6. The van der Waals surface area contributed by atoms with Crippen LogP contribution in [0.15, 0.2) is 18.2 Å². The van der Waals surface area contributed by atoms with E-state index in [1.807, 2.05) is 0 Å². The lowest BCUT2D eigenvalue weighted by Gasteiger charge is -2.10. The number of hydrogen-bond donors (Lipinski definition) is 0. The van der Waals surface area contributed by atoms with Crippen LogP contribution >= 0.6 is 0 Å². The Morgan fingerprint density at radius 1 is 1.31 bits per heavy atom. The van der Waals surface area contributed by atoms with Gasteiger partial charge in [-0.25, -0.2) is 0 Å². The molecule has 0 saturated heterocycles. The van der Waals surface area contributed by atoms with E-state index >= 15 is 0 Å². The van der Waals surface area contributed by atoms with E-state index in [-0.39, 0.29) is 12.5 Å². The summed E-state index contributed by atoms with van der Waals surface area (Å²) in [5.74, 6) is 0.767. The second-order valence-electron chi connectivity index (χ2n) is 2.87. The summed E-state index contributed by atoms with van der Waals surface area (Å²) in [7, 11) is 1.49. The molecule has 0 aliphatic heterocycles. The molecule has 16 heavy (non-hydrogen) atoms. The Hall–Kier alpha value is -1.82. The lowest BCUT2D eigenvalue weighted by atomic mass is 10.3. The molecule has 0 aromatic heterocycles. The topological polar surface area (TPSA) is 70.8 Å². The number of nitrogens with zero attached hydrogens (tertiary/aromatic N) is 1. The first-order valence-corrected chi connectivity index (χ1v) is 4.72. The van der Waals surface area contributed by atoms with E-state index in [2.05, 4.69) is 0 Å². The van der Waals surface area contributed by atoms with Crippen molar-refractivity contribution < 1.29 is 19.1 Å². The van der Waals surface area contributed by atoms with E-state index in [4.69, 9.17) is 14.2 Å². The van der Waals surface area contributed by atoms with Crippen molar-refractivity contribution in [1.29, 1.82) is 0 Å². The molecule has 0 amide bonds. The minimum atomic E-state index is -0.484. The Balaban J connectivity index is 2.94. The third-order valence-electron chi connectivity index (χ3n) is 1.77. The minimum absolute atomic E-state index is 0.0341. The van der Waals surface area contributed by atoms with Crippen molar-refractivity contribution in [2.75, 3.05) is 20.5 Å². The average molecular weight is 227 g/mol. The Bertz CT molecular complexity index is 366. The molecule has 0 N–H and O–H groups in total. The number of hydrogen-bond acceptors (Lipinski definition) is 5. The fourth-order valence-corrected chi connectivity index (χ4v) is 1.12. The third kappa shape index (κ3) is 3.09. The van der Waals surface area contributed by atoms with E-state index in [0.717, 1.165) is 0 Å². The summed E-state index contributed by atoms with van der Waals surface area (Å²) in [6.07, 6.45) is 0. The number of non-ortho nitro benzene ring substituents is 1. The fraction of sp³-hybridized carbons (Fsp3) is 0.400. The highest BCUT2D eigenvalue weighted by Gasteiger charge is 2.12. The van der Waals surface area contributed by atoms with Gasteiger partial charge in [0.05, 0.1) is 17.6 Å². The fourth-order valence-electron chi connectivity index (χ4n) is 1.12. The molecule has 0 saturated carbocycles. The first-order chi connectivity index (χ1) is 7.69. The standard InChI is InChI=1S/C10H13NO5/c1-3-15-10-6-8(11(12)13)4-5-9(10)16-7-14-2/h4-6H,3,7H2,1-2H3. The predicted molar refractivity (Wildman–Crippen MR) is 56.8 cm³/mol. The van der Waals surface area contributed by atoms with Crippen molar-refractivity contribution in [3.05, 3.63) is 28.3 Å². The van der Waals surface area contributed by atoms with Crippen molar-refractivity contribution in [1.82, 2.24) is 0 Å². The maximum Gasteiger partial charge on any atom is 0.273 e. The van der Waals surface area contributed by atoms with Gasteiger partial charge in [-0.2, -0.15) is 0 Å². The average Bonchev–Trinajstić information content (AvgIpc) is 2.27. The molecule has 6 heteroatoms. The quantitative estimate of drug-likeness (QED) is 0.422. The molecule has 0 atom stereocenters. The molecule has 6 nitrogen and oxygen atoms in total. The monoisotopic (exact) mass is 227 g/mol. The van der Waals surface area contributed by atoms with Gasteiger partial charge in [-0.05, 0) is 13.0 Å². The second-order valence-corrected chi connectivity index (χ2v) is 2.87. The normalized spacial score (nSPS) is 9.88. The molecule has 0 fully saturated rings. The van der Waals surface area contributed by atoms with Crippen molar-refractivity contribution in [2.45, 2.75) is 6.92 Å². The number of nitro groups is 1. The Morgan fingerprint density at radius 2 is 2.06 bits per heavy atom. The first kappa shape index (κ1) is 12.3. The molecule has 0 unspecified atom stereocenters. The van der Waals surface area contributed by atoms with Gasteiger partial charge in [0.25, 0.3) is 5.69 Å². The number of benzene rings is 1. The summed E-state index contributed by atoms with van der Waals surface area (Å²) >= 11 is 0. The SMILES string of the molecule is CCOc1cc([N+](=O)[O-])ccc1OCOC. The van der Waals surface area contributed by atoms with Crippen molar-refractivity contribution >= 4 is 5.69 Å². The van der Waals surface area contributed by atoms with Crippen LogP contribution in [0.2, 0.25) is 0 Å². The molecule has 0 radical (unpaired) electrons. The van der Waals surface area contributed by atoms with E-state index in [0.29, 0.717) is 18.1 Å². The molecule has 1 rings (SSSR count). The van der Waals surface area contributed by atoms with Crippen molar-refractivity contribution in [3.8, 4) is 11.5 Å². The maximum absolute atomic E-state index is 10.6. The summed E-state index contributed by atoms with van der Waals surface area (Å²) in [6, 6.07) is 4.17. The summed E-state index contributed by atoms with van der Waals surface area (Å²) in [5, 5.41) is 10.6. The molecule has 0 heterocycles. The van der Waals surface area contributed by atoms with Crippen LogP contribution in [-0.2, 0) is 4.74 Å². The predicted octanol–water partition coefficient (Wildman–Crippen LogP) is 1.98. The zero-order valence-electron chi connectivity index (χ0n) is 9.13. The molecule has 88 valence electrons. The Labute approximate surface area is 92.9 Å². The Kier molecular flexibility index (Phi) is 4.53. The summed E-state index contributed by atoms with van der Waals surface area (Å²) in [6.45, 7) is 2.27. The van der Waals surface area contributed by atoms with Crippen LogP contribution in [-0.4, -0.2) is 25.4 Å².